The van der Waals surface area contributed by atoms with Crippen molar-refractivity contribution in [3.63, 3.8) is 0 Å². The van der Waals surface area contributed by atoms with Crippen molar-refractivity contribution in [2.75, 3.05) is 6.61 Å². The molecule has 1 rings (SSSR count). The summed E-state index contributed by atoms with van der Waals surface area (Å²) in [6.45, 7) is 3.88. The zero-order chi connectivity index (χ0) is 14.1. The normalized spacial score (nSPS) is 19.7. The first-order valence-electron chi connectivity index (χ1n) is 7.47. The SMILES string of the molecule is CCOC(=O)C(CCC1CCCCC1)N[C@@H](C)[C]=O. The van der Waals surface area contributed by atoms with E-state index in [0.29, 0.717) is 6.61 Å². The van der Waals surface area contributed by atoms with E-state index < -0.39 is 6.04 Å². The number of carbonyl (C=O) groups is 1. The lowest BCUT2D eigenvalue weighted by Crippen LogP contribution is -2.44. The second-order valence-electron chi connectivity index (χ2n) is 5.39. The van der Waals surface area contributed by atoms with Crippen LogP contribution in [0.3, 0.4) is 0 Å². The maximum atomic E-state index is 11.9. The van der Waals surface area contributed by atoms with Gasteiger partial charge < -0.3 is 4.74 Å². The van der Waals surface area contributed by atoms with Crippen LogP contribution in [0.4, 0.5) is 0 Å². The van der Waals surface area contributed by atoms with E-state index in [2.05, 4.69) is 5.32 Å². The van der Waals surface area contributed by atoms with E-state index >= 15 is 0 Å². The van der Waals surface area contributed by atoms with Crippen LogP contribution in [0.25, 0.3) is 0 Å². The Hall–Kier alpha value is -0.900. The minimum absolute atomic E-state index is 0.250. The molecular formula is C15H26NO3. The molecule has 1 aliphatic carbocycles. The van der Waals surface area contributed by atoms with E-state index in [0.717, 1.165) is 18.8 Å². The van der Waals surface area contributed by atoms with Crippen LogP contribution in [-0.4, -0.2) is 30.9 Å². The smallest absolute Gasteiger partial charge is 0.323 e. The Morgan fingerprint density at radius 2 is 2.05 bits per heavy atom. The van der Waals surface area contributed by atoms with Gasteiger partial charge in [0.2, 0.25) is 6.29 Å². The first-order valence-corrected chi connectivity index (χ1v) is 7.47. The van der Waals surface area contributed by atoms with Crippen LogP contribution in [-0.2, 0) is 14.3 Å². The lowest BCUT2D eigenvalue weighted by Gasteiger charge is -2.24. The van der Waals surface area contributed by atoms with Crippen molar-refractivity contribution in [1.29, 1.82) is 0 Å². The molecule has 0 spiro atoms. The van der Waals surface area contributed by atoms with Crippen LogP contribution in [0.1, 0.15) is 58.8 Å². The minimum Gasteiger partial charge on any atom is -0.465 e. The van der Waals surface area contributed by atoms with Gasteiger partial charge >= 0.3 is 5.97 Å². The molecule has 4 nitrogen and oxygen atoms in total. The lowest BCUT2D eigenvalue weighted by molar-refractivity contribution is -0.146. The van der Waals surface area contributed by atoms with Crippen LogP contribution in [0.2, 0.25) is 0 Å². The quantitative estimate of drug-likeness (QED) is 0.687. The first kappa shape index (κ1) is 16.2. The number of rotatable bonds is 8. The molecule has 19 heavy (non-hydrogen) atoms. The monoisotopic (exact) mass is 268 g/mol. The minimum atomic E-state index is -0.430. The maximum Gasteiger partial charge on any atom is 0.323 e. The summed E-state index contributed by atoms with van der Waals surface area (Å²) in [6, 6.07) is -0.806. The molecule has 109 valence electrons. The molecule has 0 aromatic carbocycles. The molecule has 1 aliphatic rings. The third-order valence-electron chi connectivity index (χ3n) is 3.79. The fraction of sp³-hybridized carbons (Fsp3) is 0.867. The Bertz CT molecular complexity index is 275. The molecule has 0 aromatic rings. The van der Waals surface area contributed by atoms with Gasteiger partial charge in [-0.1, -0.05) is 32.1 Å². The van der Waals surface area contributed by atoms with Crippen LogP contribution >= 0.6 is 0 Å². The van der Waals surface area contributed by atoms with Crippen molar-refractivity contribution in [2.24, 2.45) is 5.92 Å². The summed E-state index contributed by atoms with van der Waals surface area (Å²) in [4.78, 5) is 22.4. The summed E-state index contributed by atoms with van der Waals surface area (Å²) in [5.41, 5.74) is 0. The molecule has 4 heteroatoms. The van der Waals surface area contributed by atoms with Crippen LogP contribution < -0.4 is 5.32 Å². The van der Waals surface area contributed by atoms with Gasteiger partial charge in [-0.3, -0.25) is 14.9 Å². The Labute approximate surface area is 116 Å². The molecule has 2 atom stereocenters. The maximum absolute atomic E-state index is 11.9. The zero-order valence-electron chi connectivity index (χ0n) is 12.1. The molecule has 1 radical (unpaired) electrons. The second kappa shape index (κ2) is 9.08. The number of ether oxygens (including phenoxy) is 1. The fourth-order valence-corrected chi connectivity index (χ4v) is 2.73. The Morgan fingerprint density at radius 1 is 1.37 bits per heavy atom. The van der Waals surface area contributed by atoms with E-state index in [1.807, 2.05) is 6.29 Å². The van der Waals surface area contributed by atoms with Crippen LogP contribution in [0, 0.1) is 5.92 Å². The van der Waals surface area contributed by atoms with E-state index in [1.54, 1.807) is 13.8 Å². The highest BCUT2D eigenvalue weighted by molar-refractivity contribution is 5.76. The molecule has 0 aromatic heterocycles. The van der Waals surface area contributed by atoms with Crippen molar-refractivity contribution in [3.8, 4) is 0 Å². The van der Waals surface area contributed by atoms with Gasteiger partial charge in [-0.25, -0.2) is 0 Å². The van der Waals surface area contributed by atoms with E-state index in [1.165, 1.54) is 32.1 Å². The summed E-state index contributed by atoms with van der Waals surface area (Å²) in [5, 5.41) is 2.99. The van der Waals surface area contributed by atoms with Gasteiger partial charge in [-0.15, -0.1) is 0 Å². The largest absolute Gasteiger partial charge is 0.465 e. The second-order valence-corrected chi connectivity index (χ2v) is 5.39. The Balaban J connectivity index is 2.42. The first-order chi connectivity index (χ1) is 9.17. The molecule has 1 saturated carbocycles. The molecule has 1 N–H and O–H groups in total. The third kappa shape index (κ3) is 6.19. The lowest BCUT2D eigenvalue weighted by atomic mass is 9.85. The van der Waals surface area contributed by atoms with Crippen molar-refractivity contribution in [1.82, 2.24) is 5.32 Å². The molecule has 0 amide bonds. The molecule has 0 bridgehead atoms. The van der Waals surface area contributed by atoms with Gasteiger partial charge in [0.1, 0.15) is 6.04 Å². The van der Waals surface area contributed by atoms with Gasteiger partial charge in [0.05, 0.1) is 12.6 Å². The van der Waals surface area contributed by atoms with Gasteiger partial charge in [0.25, 0.3) is 0 Å². The number of hydrogen-bond donors (Lipinski definition) is 1. The van der Waals surface area contributed by atoms with E-state index in [-0.39, 0.29) is 12.0 Å². The predicted octanol–water partition coefficient (Wildman–Crippen LogP) is 2.37. The third-order valence-corrected chi connectivity index (χ3v) is 3.79. The predicted molar refractivity (Wildman–Crippen MR) is 74.5 cm³/mol. The molecule has 1 unspecified atom stereocenters. The van der Waals surface area contributed by atoms with Crippen molar-refractivity contribution >= 4 is 12.3 Å². The van der Waals surface area contributed by atoms with Gasteiger partial charge in [-0.05, 0) is 32.6 Å². The molecule has 0 aliphatic heterocycles. The summed E-state index contributed by atoms with van der Waals surface area (Å²) < 4.78 is 5.06. The van der Waals surface area contributed by atoms with Crippen LogP contribution in [0.5, 0.6) is 0 Å². The number of carbonyl (C=O) groups excluding carboxylic acids is 2. The Kier molecular flexibility index (Phi) is 7.72. The average Bonchev–Trinajstić information content (AvgIpc) is 2.44. The van der Waals surface area contributed by atoms with Crippen molar-refractivity contribution in [2.45, 2.75) is 70.9 Å². The fourth-order valence-electron chi connectivity index (χ4n) is 2.73. The summed E-state index contributed by atoms with van der Waals surface area (Å²) in [5.74, 6) is 0.475. The zero-order valence-corrected chi connectivity index (χ0v) is 12.1. The molecule has 0 saturated heterocycles. The van der Waals surface area contributed by atoms with Crippen molar-refractivity contribution < 1.29 is 14.3 Å². The highest BCUT2D eigenvalue weighted by Crippen LogP contribution is 2.27. The summed E-state index contributed by atoms with van der Waals surface area (Å²) >= 11 is 0. The number of nitrogens with one attached hydrogen (secondary N) is 1. The van der Waals surface area contributed by atoms with Crippen LogP contribution in [0.15, 0.2) is 0 Å². The average molecular weight is 268 g/mol. The van der Waals surface area contributed by atoms with E-state index in [9.17, 15) is 9.59 Å². The summed E-state index contributed by atoms with van der Waals surface area (Å²) in [6.07, 6.45) is 10.1. The summed E-state index contributed by atoms with van der Waals surface area (Å²) in [7, 11) is 0. The highest BCUT2D eigenvalue weighted by Gasteiger charge is 2.23. The highest BCUT2D eigenvalue weighted by atomic mass is 16.5. The van der Waals surface area contributed by atoms with Crippen molar-refractivity contribution in [3.05, 3.63) is 0 Å². The molecule has 0 heterocycles. The molecular weight excluding hydrogens is 242 g/mol. The Morgan fingerprint density at radius 3 is 2.63 bits per heavy atom. The molecule has 1 fully saturated rings. The van der Waals surface area contributed by atoms with E-state index in [4.69, 9.17) is 4.74 Å². The van der Waals surface area contributed by atoms with Gasteiger partial charge in [-0.2, -0.15) is 0 Å². The number of hydrogen-bond acceptors (Lipinski definition) is 4. The topological polar surface area (TPSA) is 55.4 Å². The van der Waals surface area contributed by atoms with Gasteiger partial charge in [0.15, 0.2) is 0 Å². The van der Waals surface area contributed by atoms with Gasteiger partial charge in [0, 0.05) is 0 Å². The standard InChI is InChI=1S/C15H26NO3/c1-3-19-15(18)14(16-12(2)11-17)10-9-13-7-5-4-6-8-13/h12-14,16H,3-10H2,1-2H3/t12-,14?/m0/s1. The number of esters is 1.